The first kappa shape index (κ1) is 30.7. The number of hydrogen-bond donors (Lipinski definition) is 1. The maximum Gasteiger partial charge on any atom is 0.330 e. The van der Waals surface area contributed by atoms with Crippen LogP contribution >= 0.6 is 19.2 Å². The highest BCUT2D eigenvalue weighted by Crippen LogP contribution is 2.48. The lowest BCUT2D eigenvalue weighted by Crippen LogP contribution is -2.11. The van der Waals surface area contributed by atoms with Crippen molar-refractivity contribution in [3.8, 4) is 17.3 Å². The number of oxazole rings is 1. The largest absolute Gasteiger partial charge is 0.427 e. The molecule has 5 aromatic rings. The van der Waals surface area contributed by atoms with Crippen LogP contribution in [-0.4, -0.2) is 39.8 Å². The van der Waals surface area contributed by atoms with Crippen molar-refractivity contribution >= 4 is 41.8 Å². The number of hydrogen-bond acceptors (Lipinski definition) is 7. The predicted octanol–water partition coefficient (Wildman–Crippen LogP) is 8.10. The third-order valence-corrected chi connectivity index (χ3v) is 9.16. The molecule has 0 fully saturated rings. The fourth-order valence-electron chi connectivity index (χ4n) is 4.77. The monoisotopic (exact) mass is 620 g/mol. The van der Waals surface area contributed by atoms with Crippen molar-refractivity contribution in [2.24, 2.45) is 0 Å². The normalized spacial score (nSPS) is 11.7. The van der Waals surface area contributed by atoms with Gasteiger partial charge in [-0.05, 0) is 68.7 Å². The van der Waals surface area contributed by atoms with Crippen LogP contribution < -0.4 is 5.32 Å². The summed E-state index contributed by atoms with van der Waals surface area (Å²) in [6.45, 7) is 4.27. The van der Waals surface area contributed by atoms with Crippen molar-refractivity contribution in [2.45, 2.75) is 39.5 Å². The molecule has 1 amide bonds. The fraction of sp³-hybridized carbons (Fsp3) is 0.281. The van der Waals surface area contributed by atoms with E-state index < -0.39 is 7.60 Å². The smallest absolute Gasteiger partial charge is 0.330 e. The highest BCUT2D eigenvalue weighted by Gasteiger charge is 2.23. The molecule has 0 bridgehead atoms. The number of aryl methyl sites for hydroxylation is 2. The Labute approximate surface area is 255 Å². The second kappa shape index (κ2) is 14.1. The van der Waals surface area contributed by atoms with E-state index in [1.807, 2.05) is 77.4 Å². The van der Waals surface area contributed by atoms with Gasteiger partial charge in [-0.15, -0.1) is 0 Å². The molecule has 0 aliphatic heterocycles. The summed E-state index contributed by atoms with van der Waals surface area (Å²) in [7, 11) is -3.10. The molecule has 11 heteroatoms. The van der Waals surface area contributed by atoms with Crippen LogP contribution in [0.5, 0.6) is 0 Å². The summed E-state index contributed by atoms with van der Waals surface area (Å²) in [5.74, 6) is 0.585. The quantitative estimate of drug-likeness (QED) is 0.125. The molecule has 5 rings (SSSR count). The van der Waals surface area contributed by atoms with E-state index in [9.17, 15) is 9.36 Å². The van der Waals surface area contributed by atoms with Crippen molar-refractivity contribution in [1.82, 2.24) is 14.5 Å². The van der Waals surface area contributed by atoms with Crippen LogP contribution in [0.2, 0.25) is 5.02 Å². The molecule has 224 valence electrons. The number of nitrogens with one attached hydrogen (secondary N) is 1. The van der Waals surface area contributed by atoms with Gasteiger partial charge in [0.15, 0.2) is 0 Å². The van der Waals surface area contributed by atoms with Gasteiger partial charge < -0.3 is 18.8 Å². The molecule has 3 aromatic carbocycles. The van der Waals surface area contributed by atoms with E-state index in [-0.39, 0.29) is 5.91 Å². The van der Waals surface area contributed by atoms with Gasteiger partial charge in [0.25, 0.3) is 0 Å². The zero-order valence-electron chi connectivity index (χ0n) is 24.2. The van der Waals surface area contributed by atoms with Crippen molar-refractivity contribution in [3.05, 3.63) is 95.5 Å². The van der Waals surface area contributed by atoms with Crippen molar-refractivity contribution in [3.63, 3.8) is 0 Å². The highest BCUT2D eigenvalue weighted by atomic mass is 35.5. The van der Waals surface area contributed by atoms with E-state index in [0.29, 0.717) is 73.2 Å². The van der Waals surface area contributed by atoms with Gasteiger partial charge in [0, 0.05) is 29.1 Å². The zero-order chi connectivity index (χ0) is 30.2. The molecule has 9 nitrogen and oxygen atoms in total. The average molecular weight is 621 g/mol. The van der Waals surface area contributed by atoms with Gasteiger partial charge in [-0.2, -0.15) is 4.98 Å². The molecule has 43 heavy (non-hydrogen) atoms. The molecule has 0 atom stereocenters. The summed E-state index contributed by atoms with van der Waals surface area (Å²) >= 11 is 6.12. The van der Waals surface area contributed by atoms with E-state index in [1.165, 1.54) is 0 Å². The Balaban J connectivity index is 1.21. The number of carbonyl (C=O) groups excluding carboxylic acids is 1. The summed E-state index contributed by atoms with van der Waals surface area (Å²) in [6.07, 6.45) is 3.94. The molecular formula is C32H34ClN4O5P. The fourth-order valence-corrected chi connectivity index (χ4v) is 6.55. The number of anilines is 1. The Kier molecular flexibility index (Phi) is 10.1. The molecular weight excluding hydrogens is 587 g/mol. The van der Waals surface area contributed by atoms with Crippen LogP contribution in [0.25, 0.3) is 28.3 Å². The lowest BCUT2D eigenvalue weighted by Gasteiger charge is -2.16. The molecule has 0 radical (unpaired) electrons. The van der Waals surface area contributed by atoms with Crippen LogP contribution in [0.15, 0.2) is 83.5 Å². The Hall–Kier alpha value is -3.75. The molecule has 0 saturated heterocycles. The van der Waals surface area contributed by atoms with Crippen LogP contribution in [0.3, 0.4) is 0 Å². The summed E-state index contributed by atoms with van der Waals surface area (Å²) < 4.78 is 31.5. The molecule has 0 unspecified atom stereocenters. The number of carbonyl (C=O) groups is 1. The second-order valence-electron chi connectivity index (χ2n) is 9.90. The van der Waals surface area contributed by atoms with Gasteiger partial charge >= 0.3 is 13.6 Å². The minimum Gasteiger partial charge on any atom is -0.427 e. The lowest BCUT2D eigenvalue weighted by molar-refractivity contribution is -0.116. The number of rotatable bonds is 14. The summed E-state index contributed by atoms with van der Waals surface area (Å²) in [5, 5.41) is 3.59. The van der Waals surface area contributed by atoms with E-state index in [1.54, 1.807) is 20.2 Å². The average Bonchev–Trinajstić information content (AvgIpc) is 3.62. The van der Waals surface area contributed by atoms with Gasteiger partial charge in [-0.25, -0.2) is 4.98 Å². The Morgan fingerprint density at radius 1 is 0.977 bits per heavy atom. The summed E-state index contributed by atoms with van der Waals surface area (Å²) in [5.41, 5.74) is 5.00. The molecule has 1 N–H and O–H groups in total. The molecule has 0 aliphatic carbocycles. The minimum absolute atomic E-state index is 0.0988. The number of amides is 1. The van der Waals surface area contributed by atoms with E-state index in [0.717, 1.165) is 22.2 Å². The number of imidazole rings is 1. The van der Waals surface area contributed by atoms with Crippen LogP contribution in [-0.2, 0) is 31.2 Å². The van der Waals surface area contributed by atoms with E-state index in [4.69, 9.17) is 30.0 Å². The first-order chi connectivity index (χ1) is 20.9. The number of nitrogens with zero attached hydrogens (tertiary/aromatic N) is 3. The van der Waals surface area contributed by atoms with Gasteiger partial charge in [0.2, 0.25) is 5.91 Å². The summed E-state index contributed by atoms with van der Waals surface area (Å²) in [4.78, 5) is 22.0. The topological polar surface area (TPSA) is 108 Å². The first-order valence-corrected chi connectivity index (χ1v) is 16.4. The molecule has 0 saturated carbocycles. The van der Waals surface area contributed by atoms with Crippen LogP contribution in [0.4, 0.5) is 5.69 Å². The maximum atomic E-state index is 12.8. The van der Waals surface area contributed by atoms with E-state index >= 15 is 0 Å². The molecule has 0 spiro atoms. The lowest BCUT2D eigenvalue weighted by atomic mass is 10.1. The third kappa shape index (κ3) is 7.80. The minimum atomic E-state index is -3.10. The number of fused-ring (bicyclic) bond motifs is 1. The molecule has 0 aliphatic rings. The SMILES string of the molecule is CCOP(=O)(CCc1ccc(NC(=O)CCCc2oc(-n3cnc4ccccc43)nc2-c2ccc(Cl)cc2)cc1)OCC. The molecule has 2 aromatic heterocycles. The number of para-hydroxylation sites is 2. The Bertz CT molecular complexity index is 1710. The van der Waals surface area contributed by atoms with Gasteiger partial charge in [0.05, 0.1) is 30.4 Å². The van der Waals surface area contributed by atoms with Crippen molar-refractivity contribution < 1.29 is 22.8 Å². The predicted molar refractivity (Wildman–Crippen MR) is 169 cm³/mol. The van der Waals surface area contributed by atoms with Crippen LogP contribution in [0, 0.1) is 0 Å². The standard InChI is InChI=1S/C32H34ClN4O5P/c1-3-40-43(39,41-4-2)21-20-23-12-18-26(19-13-23)35-30(38)11-7-10-29-31(24-14-16-25(33)17-15-24)36-32(42-29)37-22-34-27-8-5-6-9-28(27)37/h5-6,8-9,12-19,22H,3-4,7,10-11,20-21H2,1-2H3,(H,35,38). The number of benzene rings is 3. The maximum absolute atomic E-state index is 12.8. The van der Waals surface area contributed by atoms with Crippen molar-refractivity contribution in [2.75, 3.05) is 24.7 Å². The molecule has 2 heterocycles. The Morgan fingerprint density at radius 2 is 1.70 bits per heavy atom. The zero-order valence-corrected chi connectivity index (χ0v) is 25.8. The first-order valence-electron chi connectivity index (χ1n) is 14.3. The second-order valence-corrected chi connectivity index (χ2v) is 12.5. The van der Waals surface area contributed by atoms with Crippen molar-refractivity contribution in [1.29, 1.82) is 0 Å². The van der Waals surface area contributed by atoms with E-state index in [2.05, 4.69) is 10.3 Å². The van der Waals surface area contributed by atoms with Crippen LogP contribution in [0.1, 0.15) is 38.0 Å². The third-order valence-electron chi connectivity index (χ3n) is 6.83. The highest BCUT2D eigenvalue weighted by molar-refractivity contribution is 7.53. The summed E-state index contributed by atoms with van der Waals surface area (Å²) in [6, 6.07) is 23.1. The Morgan fingerprint density at radius 3 is 2.42 bits per heavy atom. The number of aromatic nitrogens is 3. The van der Waals surface area contributed by atoms with Gasteiger partial charge in [0.1, 0.15) is 17.8 Å². The number of halogens is 1. The van der Waals surface area contributed by atoms with Gasteiger partial charge in [-0.1, -0.05) is 48.0 Å². The van der Waals surface area contributed by atoms with Gasteiger partial charge in [-0.3, -0.25) is 13.9 Å².